The van der Waals surface area contributed by atoms with E-state index in [1.54, 1.807) is 0 Å². The fourth-order valence-electron chi connectivity index (χ4n) is 3.25. The van der Waals surface area contributed by atoms with E-state index >= 15 is 0 Å². The first-order chi connectivity index (χ1) is 10.8. The molecule has 1 heterocycles. The molecule has 0 aromatic heterocycles. The van der Waals surface area contributed by atoms with Crippen LogP contribution in [0.2, 0.25) is 0 Å². The monoisotopic (exact) mass is 326 g/mol. The first-order valence-corrected chi connectivity index (χ1v) is 8.30. The summed E-state index contributed by atoms with van der Waals surface area (Å²) >= 11 is 0. The number of piperazine rings is 1. The standard InChI is InChI=1S/C18H28F2N2O/c1-18(2,3)13-22-9-8-21(11-14(22)7-10-23)12-15-16(19)5-4-6-17(15)20/h4-6,14,23H,7-13H2,1-3H3/t14-/m1/s1. The van der Waals surface area contributed by atoms with Crippen molar-refractivity contribution in [1.82, 2.24) is 9.80 Å². The van der Waals surface area contributed by atoms with Crippen LogP contribution >= 0.6 is 0 Å². The van der Waals surface area contributed by atoms with E-state index in [1.807, 2.05) is 0 Å². The molecule has 0 unspecified atom stereocenters. The Morgan fingerprint density at radius 2 is 1.83 bits per heavy atom. The number of hydrogen-bond donors (Lipinski definition) is 1. The Hall–Kier alpha value is -1.04. The van der Waals surface area contributed by atoms with E-state index in [1.165, 1.54) is 18.2 Å². The van der Waals surface area contributed by atoms with Gasteiger partial charge in [0.1, 0.15) is 11.6 Å². The molecule has 1 aliphatic heterocycles. The maximum absolute atomic E-state index is 13.8. The minimum Gasteiger partial charge on any atom is -0.396 e. The van der Waals surface area contributed by atoms with Crippen molar-refractivity contribution in [3.63, 3.8) is 0 Å². The van der Waals surface area contributed by atoms with E-state index < -0.39 is 11.6 Å². The van der Waals surface area contributed by atoms with Gasteiger partial charge in [0.25, 0.3) is 0 Å². The van der Waals surface area contributed by atoms with Gasteiger partial charge < -0.3 is 5.11 Å². The van der Waals surface area contributed by atoms with Gasteiger partial charge >= 0.3 is 0 Å². The number of nitrogens with zero attached hydrogens (tertiary/aromatic N) is 2. The summed E-state index contributed by atoms with van der Waals surface area (Å²) in [4.78, 5) is 4.48. The molecule has 0 spiro atoms. The van der Waals surface area contributed by atoms with Gasteiger partial charge in [0.2, 0.25) is 0 Å². The number of halogens is 2. The Labute approximate surface area is 137 Å². The van der Waals surface area contributed by atoms with E-state index in [2.05, 4.69) is 30.6 Å². The molecule has 1 atom stereocenters. The van der Waals surface area contributed by atoms with Crippen molar-refractivity contribution < 1.29 is 13.9 Å². The zero-order chi connectivity index (χ0) is 17.0. The molecule has 0 radical (unpaired) electrons. The van der Waals surface area contributed by atoms with Crippen molar-refractivity contribution >= 4 is 0 Å². The van der Waals surface area contributed by atoms with Crippen molar-refractivity contribution in [2.24, 2.45) is 5.41 Å². The van der Waals surface area contributed by atoms with Gasteiger partial charge in [-0.15, -0.1) is 0 Å². The molecule has 130 valence electrons. The van der Waals surface area contributed by atoms with E-state index in [0.717, 1.165) is 26.2 Å². The van der Waals surface area contributed by atoms with Crippen LogP contribution in [-0.2, 0) is 6.54 Å². The third kappa shape index (κ3) is 5.23. The maximum atomic E-state index is 13.8. The SMILES string of the molecule is CC(C)(C)CN1CCN(Cc2c(F)cccc2F)C[C@H]1CCO. The molecule has 1 fully saturated rings. The van der Waals surface area contributed by atoms with E-state index in [-0.39, 0.29) is 30.2 Å². The van der Waals surface area contributed by atoms with Crippen LogP contribution in [0.3, 0.4) is 0 Å². The Morgan fingerprint density at radius 1 is 1.17 bits per heavy atom. The highest BCUT2D eigenvalue weighted by atomic mass is 19.1. The molecule has 0 amide bonds. The van der Waals surface area contributed by atoms with Crippen molar-refractivity contribution in [1.29, 1.82) is 0 Å². The summed E-state index contributed by atoms with van der Waals surface area (Å²) in [6.07, 6.45) is 0.687. The fourth-order valence-corrected chi connectivity index (χ4v) is 3.25. The predicted octanol–water partition coefficient (Wildman–Crippen LogP) is 2.88. The van der Waals surface area contributed by atoms with Crippen molar-refractivity contribution in [2.75, 3.05) is 32.8 Å². The minimum atomic E-state index is -0.485. The third-order valence-electron chi connectivity index (χ3n) is 4.27. The van der Waals surface area contributed by atoms with Gasteiger partial charge in [0.05, 0.1) is 0 Å². The van der Waals surface area contributed by atoms with Gasteiger partial charge in [-0.1, -0.05) is 26.8 Å². The van der Waals surface area contributed by atoms with Gasteiger partial charge in [-0.05, 0) is 24.0 Å². The van der Waals surface area contributed by atoms with Crippen LogP contribution in [0.15, 0.2) is 18.2 Å². The first-order valence-electron chi connectivity index (χ1n) is 8.30. The number of benzene rings is 1. The summed E-state index contributed by atoms with van der Waals surface area (Å²) in [6, 6.07) is 4.23. The van der Waals surface area contributed by atoms with Crippen LogP contribution < -0.4 is 0 Å². The van der Waals surface area contributed by atoms with E-state index in [0.29, 0.717) is 6.42 Å². The topological polar surface area (TPSA) is 26.7 Å². The number of rotatable bonds is 5. The lowest BCUT2D eigenvalue weighted by molar-refractivity contribution is 0.0331. The Morgan fingerprint density at radius 3 is 2.39 bits per heavy atom. The molecule has 1 aliphatic rings. The summed E-state index contributed by atoms with van der Waals surface area (Å²) in [5.41, 5.74) is 0.326. The number of aliphatic hydroxyl groups excluding tert-OH is 1. The van der Waals surface area contributed by atoms with Crippen molar-refractivity contribution in [3.8, 4) is 0 Å². The normalized spacial score (nSPS) is 20.9. The average molecular weight is 326 g/mol. The zero-order valence-electron chi connectivity index (χ0n) is 14.4. The highest BCUT2D eigenvalue weighted by Crippen LogP contribution is 2.23. The number of aliphatic hydroxyl groups is 1. The van der Waals surface area contributed by atoms with Gasteiger partial charge in [-0.25, -0.2) is 8.78 Å². The van der Waals surface area contributed by atoms with Crippen LogP contribution in [0.5, 0.6) is 0 Å². The molecule has 23 heavy (non-hydrogen) atoms. The largest absolute Gasteiger partial charge is 0.396 e. The molecular formula is C18H28F2N2O. The molecule has 2 rings (SSSR count). The minimum absolute atomic E-state index is 0.132. The highest BCUT2D eigenvalue weighted by molar-refractivity contribution is 5.19. The van der Waals surface area contributed by atoms with Gasteiger partial charge in [0.15, 0.2) is 0 Å². The second-order valence-corrected chi connectivity index (χ2v) is 7.63. The van der Waals surface area contributed by atoms with Crippen molar-refractivity contribution in [3.05, 3.63) is 35.4 Å². The summed E-state index contributed by atoms with van der Waals surface area (Å²) in [6.45, 7) is 10.3. The smallest absolute Gasteiger partial charge is 0.130 e. The third-order valence-corrected chi connectivity index (χ3v) is 4.27. The molecule has 3 nitrogen and oxygen atoms in total. The second-order valence-electron chi connectivity index (χ2n) is 7.63. The first kappa shape index (κ1) is 18.3. The van der Waals surface area contributed by atoms with Crippen LogP contribution in [0.1, 0.15) is 32.8 Å². The summed E-state index contributed by atoms with van der Waals surface area (Å²) in [5, 5.41) is 9.33. The van der Waals surface area contributed by atoms with Crippen LogP contribution in [0, 0.1) is 17.0 Å². The van der Waals surface area contributed by atoms with E-state index in [9.17, 15) is 13.9 Å². The van der Waals surface area contributed by atoms with Crippen molar-refractivity contribution in [2.45, 2.75) is 39.8 Å². The molecule has 0 bridgehead atoms. The average Bonchev–Trinajstić information content (AvgIpc) is 2.44. The molecule has 5 heteroatoms. The Kier molecular flexibility index (Phi) is 6.12. The van der Waals surface area contributed by atoms with Crippen LogP contribution in [0.4, 0.5) is 8.78 Å². The van der Waals surface area contributed by atoms with E-state index in [4.69, 9.17) is 0 Å². The molecular weight excluding hydrogens is 298 g/mol. The predicted molar refractivity (Wildman–Crippen MR) is 88.2 cm³/mol. The molecule has 0 aliphatic carbocycles. The quantitative estimate of drug-likeness (QED) is 0.901. The molecule has 1 aromatic rings. The van der Waals surface area contributed by atoms with Gasteiger partial charge in [0, 0.05) is 50.9 Å². The van der Waals surface area contributed by atoms with Crippen LogP contribution in [-0.4, -0.2) is 53.7 Å². The fraction of sp³-hybridized carbons (Fsp3) is 0.667. The Bertz CT molecular complexity index is 496. The van der Waals surface area contributed by atoms with Crippen LogP contribution in [0.25, 0.3) is 0 Å². The molecule has 1 saturated heterocycles. The number of hydrogen-bond acceptors (Lipinski definition) is 3. The lowest BCUT2D eigenvalue weighted by Gasteiger charge is -2.44. The van der Waals surface area contributed by atoms with Gasteiger partial charge in [-0.2, -0.15) is 0 Å². The zero-order valence-corrected chi connectivity index (χ0v) is 14.4. The summed E-state index contributed by atoms with van der Waals surface area (Å²) < 4.78 is 27.7. The molecule has 1 aromatic carbocycles. The molecule has 1 N–H and O–H groups in total. The summed E-state index contributed by atoms with van der Waals surface area (Å²) in [5.74, 6) is -0.971. The highest BCUT2D eigenvalue weighted by Gasteiger charge is 2.30. The maximum Gasteiger partial charge on any atom is 0.130 e. The second kappa shape index (κ2) is 7.69. The lowest BCUT2D eigenvalue weighted by Crippen LogP contribution is -2.55. The Balaban J connectivity index is 2.04. The van der Waals surface area contributed by atoms with Gasteiger partial charge in [-0.3, -0.25) is 9.80 Å². The lowest BCUT2D eigenvalue weighted by atomic mass is 9.94. The molecule has 0 saturated carbocycles. The summed E-state index contributed by atoms with van der Waals surface area (Å²) in [7, 11) is 0.